The van der Waals surface area contributed by atoms with Crippen molar-refractivity contribution in [2.75, 3.05) is 6.61 Å². The minimum atomic E-state index is 0.582. The van der Waals surface area contributed by atoms with Gasteiger partial charge in [-0.1, -0.05) is 24.4 Å². The fourth-order valence-electron chi connectivity index (χ4n) is 3.37. The van der Waals surface area contributed by atoms with Gasteiger partial charge in [0.2, 0.25) is 0 Å². The first-order valence-electron chi connectivity index (χ1n) is 7.41. The van der Waals surface area contributed by atoms with E-state index in [2.05, 4.69) is 12.2 Å². The smallest absolute Gasteiger partial charge is 0.127 e. The average Bonchev–Trinajstić information content (AvgIpc) is 3.05. The molecule has 1 heterocycles. The highest BCUT2D eigenvalue weighted by Gasteiger charge is 2.22. The van der Waals surface area contributed by atoms with Gasteiger partial charge in [0.15, 0.2) is 0 Å². The van der Waals surface area contributed by atoms with Crippen molar-refractivity contribution >= 4 is 11.6 Å². The lowest BCUT2D eigenvalue weighted by molar-refractivity contribution is 0.346. The minimum absolute atomic E-state index is 0.582. The maximum Gasteiger partial charge on any atom is 0.127 e. The maximum absolute atomic E-state index is 6.19. The molecule has 0 spiro atoms. The molecule has 104 valence electrons. The molecule has 1 saturated carbocycles. The molecule has 1 unspecified atom stereocenters. The highest BCUT2D eigenvalue weighted by Crippen LogP contribution is 2.33. The fourth-order valence-corrected chi connectivity index (χ4v) is 3.64. The molecule has 3 rings (SSSR count). The van der Waals surface area contributed by atoms with E-state index in [0.717, 1.165) is 36.3 Å². The van der Waals surface area contributed by atoms with Gasteiger partial charge in [-0.3, -0.25) is 0 Å². The van der Waals surface area contributed by atoms with E-state index in [1.54, 1.807) is 0 Å². The van der Waals surface area contributed by atoms with Gasteiger partial charge in [-0.25, -0.2) is 0 Å². The predicted octanol–water partition coefficient (Wildman–Crippen LogP) is 3.94. The Morgan fingerprint density at radius 2 is 2.16 bits per heavy atom. The first kappa shape index (κ1) is 13.3. The van der Waals surface area contributed by atoms with Gasteiger partial charge in [0, 0.05) is 29.6 Å². The van der Waals surface area contributed by atoms with Crippen molar-refractivity contribution in [2.45, 2.75) is 51.6 Å². The zero-order valence-electron chi connectivity index (χ0n) is 11.5. The molecule has 2 aliphatic rings. The van der Waals surface area contributed by atoms with Crippen LogP contribution in [0.3, 0.4) is 0 Å². The Labute approximate surface area is 120 Å². The van der Waals surface area contributed by atoms with E-state index in [4.69, 9.17) is 16.3 Å². The molecular weight excluding hydrogens is 258 g/mol. The third kappa shape index (κ3) is 2.90. The minimum Gasteiger partial charge on any atom is -0.493 e. The van der Waals surface area contributed by atoms with Crippen LogP contribution in [0.25, 0.3) is 0 Å². The fraction of sp³-hybridized carbons (Fsp3) is 0.625. The summed E-state index contributed by atoms with van der Waals surface area (Å²) in [5.74, 6) is 1.91. The van der Waals surface area contributed by atoms with Crippen LogP contribution in [0.2, 0.25) is 5.02 Å². The molecule has 0 saturated heterocycles. The number of ether oxygens (including phenoxy) is 1. The summed E-state index contributed by atoms with van der Waals surface area (Å²) in [6.45, 7) is 3.96. The number of halogens is 1. The van der Waals surface area contributed by atoms with Crippen molar-refractivity contribution in [3.8, 4) is 5.75 Å². The number of nitrogens with one attached hydrogen (secondary N) is 1. The molecule has 1 aliphatic carbocycles. The van der Waals surface area contributed by atoms with Crippen molar-refractivity contribution in [2.24, 2.45) is 5.92 Å². The van der Waals surface area contributed by atoms with Crippen molar-refractivity contribution in [3.63, 3.8) is 0 Å². The molecule has 1 N–H and O–H groups in total. The van der Waals surface area contributed by atoms with Crippen molar-refractivity contribution in [1.29, 1.82) is 0 Å². The molecule has 0 aromatic heterocycles. The van der Waals surface area contributed by atoms with Crippen LogP contribution in [0.5, 0.6) is 5.75 Å². The summed E-state index contributed by atoms with van der Waals surface area (Å²) >= 11 is 6.19. The number of hydrogen-bond acceptors (Lipinski definition) is 2. The first-order valence-corrected chi connectivity index (χ1v) is 7.79. The molecule has 3 heteroatoms. The van der Waals surface area contributed by atoms with Gasteiger partial charge < -0.3 is 10.1 Å². The number of fused-ring (bicyclic) bond motifs is 1. The Hall–Kier alpha value is -0.730. The monoisotopic (exact) mass is 279 g/mol. The molecule has 0 radical (unpaired) electrons. The first-order chi connectivity index (χ1) is 9.24. The summed E-state index contributed by atoms with van der Waals surface area (Å²) in [4.78, 5) is 0. The summed E-state index contributed by atoms with van der Waals surface area (Å²) < 4.78 is 5.74. The lowest BCUT2D eigenvalue weighted by Gasteiger charge is -2.21. The van der Waals surface area contributed by atoms with Crippen molar-refractivity contribution in [1.82, 2.24) is 5.32 Å². The Bertz CT molecular complexity index is 454. The molecule has 1 aromatic carbocycles. The quantitative estimate of drug-likeness (QED) is 0.901. The highest BCUT2D eigenvalue weighted by molar-refractivity contribution is 6.30. The van der Waals surface area contributed by atoms with E-state index >= 15 is 0 Å². The topological polar surface area (TPSA) is 21.3 Å². The Balaban J connectivity index is 1.66. The van der Waals surface area contributed by atoms with E-state index in [1.165, 1.54) is 36.8 Å². The van der Waals surface area contributed by atoms with E-state index in [-0.39, 0.29) is 0 Å². The second-order valence-corrected chi connectivity index (χ2v) is 6.30. The Kier molecular flexibility index (Phi) is 3.99. The molecule has 19 heavy (non-hydrogen) atoms. The lowest BCUT2D eigenvalue weighted by Crippen LogP contribution is -2.31. The third-order valence-corrected chi connectivity index (χ3v) is 4.76. The van der Waals surface area contributed by atoms with Gasteiger partial charge in [-0.2, -0.15) is 0 Å². The van der Waals surface area contributed by atoms with Gasteiger partial charge >= 0.3 is 0 Å². The Morgan fingerprint density at radius 1 is 1.37 bits per heavy atom. The van der Waals surface area contributed by atoms with Crippen molar-refractivity contribution in [3.05, 3.63) is 28.3 Å². The van der Waals surface area contributed by atoms with Gasteiger partial charge in [0.25, 0.3) is 0 Å². The summed E-state index contributed by atoms with van der Waals surface area (Å²) in [6, 6.07) is 4.66. The molecule has 2 nitrogen and oxygen atoms in total. The summed E-state index contributed by atoms with van der Waals surface area (Å²) in [5.41, 5.74) is 2.47. The SMILES string of the molecule is CC(NCc1cc(Cl)cc2c1OCC2)C1CCCC1. The number of benzene rings is 1. The van der Waals surface area contributed by atoms with Crippen LogP contribution < -0.4 is 10.1 Å². The summed E-state index contributed by atoms with van der Waals surface area (Å²) in [6.07, 6.45) is 6.52. The standard InChI is InChI=1S/C16H22ClNO/c1-11(12-4-2-3-5-12)18-10-14-9-15(17)8-13-6-7-19-16(13)14/h8-9,11-12,18H,2-7,10H2,1H3. The van der Waals surface area contributed by atoms with Crippen LogP contribution in [0.15, 0.2) is 12.1 Å². The van der Waals surface area contributed by atoms with Crippen LogP contribution in [0.4, 0.5) is 0 Å². The largest absolute Gasteiger partial charge is 0.493 e. The van der Waals surface area contributed by atoms with Crippen LogP contribution in [0.1, 0.15) is 43.7 Å². The number of rotatable bonds is 4. The lowest BCUT2D eigenvalue weighted by atomic mass is 9.99. The van der Waals surface area contributed by atoms with E-state index < -0.39 is 0 Å². The summed E-state index contributed by atoms with van der Waals surface area (Å²) in [5, 5.41) is 4.49. The predicted molar refractivity (Wildman–Crippen MR) is 78.9 cm³/mol. The van der Waals surface area contributed by atoms with E-state index in [9.17, 15) is 0 Å². The second kappa shape index (κ2) is 5.72. The third-order valence-electron chi connectivity index (χ3n) is 4.55. The van der Waals surface area contributed by atoms with Gasteiger partial charge in [-0.15, -0.1) is 0 Å². The molecule has 1 fully saturated rings. The molecule has 0 amide bonds. The molecular formula is C16H22ClNO. The summed E-state index contributed by atoms with van der Waals surface area (Å²) in [7, 11) is 0. The van der Waals surface area contributed by atoms with Crippen LogP contribution in [-0.4, -0.2) is 12.6 Å². The Morgan fingerprint density at radius 3 is 2.95 bits per heavy atom. The zero-order chi connectivity index (χ0) is 13.2. The molecule has 1 atom stereocenters. The van der Waals surface area contributed by atoms with Gasteiger partial charge in [0.1, 0.15) is 5.75 Å². The van der Waals surface area contributed by atoms with Crippen LogP contribution in [0, 0.1) is 5.92 Å². The zero-order valence-corrected chi connectivity index (χ0v) is 12.3. The van der Waals surface area contributed by atoms with Crippen molar-refractivity contribution < 1.29 is 4.74 Å². The number of hydrogen-bond donors (Lipinski definition) is 1. The van der Waals surface area contributed by atoms with Crippen LogP contribution in [-0.2, 0) is 13.0 Å². The van der Waals surface area contributed by atoms with Crippen LogP contribution >= 0.6 is 11.6 Å². The van der Waals surface area contributed by atoms with Gasteiger partial charge in [0.05, 0.1) is 6.61 Å². The highest BCUT2D eigenvalue weighted by atomic mass is 35.5. The molecule has 1 aliphatic heterocycles. The normalized spacial score (nSPS) is 20.3. The second-order valence-electron chi connectivity index (χ2n) is 5.87. The molecule has 0 bridgehead atoms. The molecule has 1 aromatic rings. The van der Waals surface area contributed by atoms with E-state index in [0.29, 0.717) is 6.04 Å². The maximum atomic E-state index is 6.19. The van der Waals surface area contributed by atoms with Gasteiger partial charge in [-0.05, 0) is 43.4 Å². The van der Waals surface area contributed by atoms with E-state index in [1.807, 2.05) is 12.1 Å². The average molecular weight is 280 g/mol.